The summed E-state index contributed by atoms with van der Waals surface area (Å²) in [7, 11) is -7.79. The number of sulfonamides is 1. The number of hydrogen-bond donors (Lipinski definition) is 2. The van der Waals surface area contributed by atoms with Crippen LogP contribution in [0.4, 0.5) is 10.1 Å². The van der Waals surface area contributed by atoms with E-state index in [2.05, 4.69) is 4.72 Å². The summed E-state index contributed by atoms with van der Waals surface area (Å²) in [5, 5.41) is -0.433. The Kier molecular flexibility index (Phi) is 4.94. The third-order valence-corrected chi connectivity index (χ3v) is 6.83. The Morgan fingerprint density at radius 3 is 2.29 bits per heavy atom. The number of hydrogen-bond acceptors (Lipinski definition) is 5. The van der Waals surface area contributed by atoms with Gasteiger partial charge in [0.25, 0.3) is 0 Å². The second-order valence-corrected chi connectivity index (χ2v) is 9.96. The molecule has 0 fully saturated rings. The maximum absolute atomic E-state index is 13.8. The van der Waals surface area contributed by atoms with Crippen LogP contribution in [0.2, 0.25) is 5.02 Å². The minimum absolute atomic E-state index is 0.0239. The van der Waals surface area contributed by atoms with Gasteiger partial charge >= 0.3 is 0 Å². The molecule has 6 nitrogen and oxygen atoms in total. The summed E-state index contributed by atoms with van der Waals surface area (Å²) in [4.78, 5) is -0.725. The lowest BCUT2D eigenvalue weighted by molar-refractivity contribution is 0.531. The van der Waals surface area contributed by atoms with Crippen LogP contribution in [-0.4, -0.2) is 34.4 Å². The molecule has 0 saturated heterocycles. The average Bonchev–Trinajstić information content (AvgIpc) is 2.30. The SMILES string of the molecule is CC(C)(CNS(=O)(=O)c1cc(N)cc(Cl)c1F)S(C)(=O)=O. The van der Waals surface area contributed by atoms with Crippen molar-refractivity contribution in [3.63, 3.8) is 0 Å². The summed E-state index contributed by atoms with van der Waals surface area (Å²) in [6, 6.07) is 1.99. The minimum Gasteiger partial charge on any atom is -0.399 e. The fourth-order valence-electron chi connectivity index (χ4n) is 1.26. The first-order chi connectivity index (χ1) is 9.28. The Morgan fingerprint density at radius 1 is 1.29 bits per heavy atom. The fraction of sp³-hybridized carbons (Fsp3) is 0.455. The maximum Gasteiger partial charge on any atom is 0.243 e. The number of benzene rings is 1. The van der Waals surface area contributed by atoms with E-state index >= 15 is 0 Å². The van der Waals surface area contributed by atoms with Crippen LogP contribution in [0.5, 0.6) is 0 Å². The first-order valence-electron chi connectivity index (χ1n) is 5.72. The molecule has 1 aromatic carbocycles. The van der Waals surface area contributed by atoms with E-state index in [1.165, 1.54) is 13.8 Å². The van der Waals surface area contributed by atoms with E-state index in [-0.39, 0.29) is 5.69 Å². The van der Waals surface area contributed by atoms with Crippen LogP contribution >= 0.6 is 11.6 Å². The van der Waals surface area contributed by atoms with Crippen LogP contribution in [-0.2, 0) is 19.9 Å². The quantitative estimate of drug-likeness (QED) is 0.768. The number of nitrogens with one attached hydrogen (secondary N) is 1. The van der Waals surface area contributed by atoms with Gasteiger partial charge in [0.2, 0.25) is 10.0 Å². The number of nitrogens with two attached hydrogens (primary N) is 1. The summed E-state index contributed by atoms with van der Waals surface area (Å²) in [5.41, 5.74) is 5.41. The summed E-state index contributed by atoms with van der Waals surface area (Å²) >= 11 is 5.54. The van der Waals surface area contributed by atoms with E-state index < -0.39 is 46.9 Å². The predicted molar refractivity (Wildman–Crippen MR) is 79.9 cm³/mol. The van der Waals surface area contributed by atoms with Gasteiger partial charge in [0.05, 0.1) is 9.77 Å². The Labute approximate surface area is 128 Å². The van der Waals surface area contributed by atoms with Crippen molar-refractivity contribution in [2.24, 2.45) is 0 Å². The first-order valence-corrected chi connectivity index (χ1v) is 9.47. The third-order valence-electron chi connectivity index (χ3n) is 3.00. The summed E-state index contributed by atoms with van der Waals surface area (Å²) in [5.74, 6) is -1.14. The van der Waals surface area contributed by atoms with E-state index in [9.17, 15) is 21.2 Å². The van der Waals surface area contributed by atoms with Crippen molar-refractivity contribution in [1.29, 1.82) is 0 Å². The van der Waals surface area contributed by atoms with Crippen LogP contribution in [0.3, 0.4) is 0 Å². The van der Waals surface area contributed by atoms with Crippen molar-refractivity contribution < 1.29 is 21.2 Å². The number of anilines is 1. The molecule has 0 aliphatic carbocycles. The van der Waals surface area contributed by atoms with Gasteiger partial charge in [-0.05, 0) is 26.0 Å². The largest absolute Gasteiger partial charge is 0.399 e. The van der Waals surface area contributed by atoms with E-state index in [1.807, 2.05) is 0 Å². The van der Waals surface area contributed by atoms with Crippen molar-refractivity contribution in [2.75, 3.05) is 18.5 Å². The van der Waals surface area contributed by atoms with Gasteiger partial charge in [-0.1, -0.05) is 11.6 Å². The molecule has 0 heterocycles. The molecule has 120 valence electrons. The lowest BCUT2D eigenvalue weighted by Gasteiger charge is -2.22. The zero-order chi connectivity index (χ0) is 16.6. The molecule has 10 heteroatoms. The Bertz CT molecular complexity index is 761. The summed E-state index contributed by atoms with van der Waals surface area (Å²) < 4.78 is 61.7. The van der Waals surface area contributed by atoms with Crippen molar-refractivity contribution in [3.8, 4) is 0 Å². The van der Waals surface area contributed by atoms with Gasteiger partial charge < -0.3 is 5.73 Å². The monoisotopic (exact) mass is 358 g/mol. The Morgan fingerprint density at radius 2 is 1.81 bits per heavy atom. The van der Waals surface area contributed by atoms with E-state index in [0.29, 0.717) is 0 Å². The van der Waals surface area contributed by atoms with Gasteiger partial charge in [0.15, 0.2) is 15.7 Å². The van der Waals surface area contributed by atoms with Gasteiger partial charge in [0.1, 0.15) is 4.90 Å². The van der Waals surface area contributed by atoms with Crippen molar-refractivity contribution in [2.45, 2.75) is 23.5 Å². The molecule has 0 unspecified atom stereocenters. The highest BCUT2D eigenvalue weighted by atomic mass is 35.5. The maximum atomic E-state index is 13.8. The molecule has 0 aliphatic rings. The molecule has 0 aromatic heterocycles. The third kappa shape index (κ3) is 4.06. The lowest BCUT2D eigenvalue weighted by Crippen LogP contribution is -2.43. The normalized spacial score (nSPS) is 13.4. The minimum atomic E-state index is -4.28. The van der Waals surface area contributed by atoms with Crippen molar-refractivity contribution >= 4 is 37.1 Å². The molecular weight excluding hydrogens is 343 g/mol. The molecule has 0 aliphatic heterocycles. The molecular formula is C11H16ClFN2O4S2. The first kappa shape index (κ1) is 18.1. The number of nitrogen functional groups attached to an aromatic ring is 1. The van der Waals surface area contributed by atoms with Crippen molar-refractivity contribution in [1.82, 2.24) is 4.72 Å². The molecule has 0 atom stereocenters. The molecule has 1 rings (SSSR count). The van der Waals surface area contributed by atoms with E-state index in [0.717, 1.165) is 18.4 Å². The van der Waals surface area contributed by atoms with Crippen molar-refractivity contribution in [3.05, 3.63) is 23.0 Å². The van der Waals surface area contributed by atoms with Gasteiger partial charge in [0, 0.05) is 18.5 Å². The predicted octanol–water partition coefficient (Wildman–Crippen LogP) is 1.16. The smallest absolute Gasteiger partial charge is 0.243 e. The number of rotatable bonds is 5. The molecule has 0 bridgehead atoms. The van der Waals surface area contributed by atoms with Crippen LogP contribution in [0, 0.1) is 5.82 Å². The zero-order valence-electron chi connectivity index (χ0n) is 11.6. The highest BCUT2D eigenvalue weighted by molar-refractivity contribution is 7.92. The fourth-order valence-corrected chi connectivity index (χ4v) is 3.31. The highest BCUT2D eigenvalue weighted by Gasteiger charge is 2.32. The zero-order valence-corrected chi connectivity index (χ0v) is 14.0. The molecule has 0 radical (unpaired) electrons. The summed E-state index contributed by atoms with van der Waals surface area (Å²) in [6.07, 6.45) is 0.985. The van der Waals surface area contributed by atoms with E-state index in [1.54, 1.807) is 0 Å². The number of sulfone groups is 1. The van der Waals surface area contributed by atoms with Crippen LogP contribution in [0.25, 0.3) is 0 Å². The van der Waals surface area contributed by atoms with Crippen LogP contribution in [0.15, 0.2) is 17.0 Å². The average molecular weight is 359 g/mol. The molecule has 0 spiro atoms. The standard InChI is InChI=1S/C11H16ClFN2O4S2/c1-11(2,20(3,16)17)6-15-21(18,19)9-5-7(14)4-8(12)10(9)13/h4-5,15H,6,14H2,1-3H3. The second kappa shape index (κ2) is 5.71. The Balaban J connectivity index is 3.15. The molecule has 3 N–H and O–H groups in total. The van der Waals surface area contributed by atoms with Crippen LogP contribution in [0.1, 0.15) is 13.8 Å². The second-order valence-electron chi connectivity index (χ2n) is 5.17. The molecule has 0 amide bonds. The number of halogens is 2. The van der Waals surface area contributed by atoms with Gasteiger partial charge in [-0.15, -0.1) is 0 Å². The van der Waals surface area contributed by atoms with Gasteiger partial charge in [-0.25, -0.2) is 25.9 Å². The summed E-state index contributed by atoms with van der Waals surface area (Å²) in [6.45, 7) is 2.29. The van der Waals surface area contributed by atoms with E-state index in [4.69, 9.17) is 17.3 Å². The van der Waals surface area contributed by atoms with Crippen LogP contribution < -0.4 is 10.5 Å². The molecule has 21 heavy (non-hydrogen) atoms. The molecule has 1 aromatic rings. The topological polar surface area (TPSA) is 106 Å². The van der Waals surface area contributed by atoms with Gasteiger partial charge in [-0.3, -0.25) is 0 Å². The lowest BCUT2D eigenvalue weighted by atomic mass is 10.2. The highest BCUT2D eigenvalue weighted by Crippen LogP contribution is 2.26. The Hall–Kier alpha value is -0.900. The van der Waals surface area contributed by atoms with Gasteiger partial charge in [-0.2, -0.15) is 0 Å². The molecule has 0 saturated carbocycles.